The molecule has 0 N–H and O–H groups in total. The van der Waals surface area contributed by atoms with Gasteiger partial charge < -0.3 is 9.32 Å². The van der Waals surface area contributed by atoms with Crippen molar-refractivity contribution in [3.8, 4) is 33.4 Å². The van der Waals surface area contributed by atoms with E-state index in [-0.39, 0.29) is 5.41 Å². The van der Waals surface area contributed by atoms with Crippen LogP contribution in [0.3, 0.4) is 0 Å². The van der Waals surface area contributed by atoms with Gasteiger partial charge in [-0.25, -0.2) is 0 Å². The molecule has 8 aromatic carbocycles. The van der Waals surface area contributed by atoms with Crippen molar-refractivity contribution in [1.82, 2.24) is 0 Å². The fourth-order valence-corrected chi connectivity index (χ4v) is 11.1. The van der Waals surface area contributed by atoms with Crippen LogP contribution >= 0.6 is 0 Å². The quantitative estimate of drug-likeness (QED) is 0.177. The number of hydrogen-bond acceptors (Lipinski definition) is 2. The smallest absolute Gasteiger partial charge is 0.137 e. The molecule has 0 aliphatic heterocycles. The normalized spacial score (nSPS) is 19.4. The molecule has 2 bridgehead atoms. The van der Waals surface area contributed by atoms with E-state index in [0.717, 1.165) is 50.8 Å². The molecule has 262 valence electrons. The van der Waals surface area contributed by atoms with Crippen LogP contribution < -0.4 is 4.90 Å². The van der Waals surface area contributed by atoms with Crippen LogP contribution in [-0.2, 0) is 5.41 Å². The molecule has 1 aromatic heterocycles. The Kier molecular flexibility index (Phi) is 6.66. The van der Waals surface area contributed by atoms with Crippen LogP contribution in [0.15, 0.2) is 180 Å². The Morgan fingerprint density at radius 3 is 2.00 bits per heavy atom. The van der Waals surface area contributed by atoms with Crippen molar-refractivity contribution in [3.63, 3.8) is 0 Å². The van der Waals surface area contributed by atoms with Crippen molar-refractivity contribution < 1.29 is 4.42 Å². The van der Waals surface area contributed by atoms with E-state index in [1.54, 1.807) is 11.1 Å². The van der Waals surface area contributed by atoms with Crippen LogP contribution in [0.1, 0.15) is 36.8 Å². The Labute approximate surface area is 321 Å². The second-order valence-electron chi connectivity index (χ2n) is 16.0. The molecule has 12 rings (SSSR count). The Morgan fingerprint density at radius 2 is 1.16 bits per heavy atom. The van der Waals surface area contributed by atoms with Crippen molar-refractivity contribution in [2.75, 3.05) is 4.90 Å². The van der Waals surface area contributed by atoms with Crippen molar-refractivity contribution in [1.29, 1.82) is 0 Å². The first kappa shape index (κ1) is 31.0. The highest BCUT2D eigenvalue weighted by Crippen LogP contribution is 2.66. The zero-order valence-corrected chi connectivity index (χ0v) is 30.6. The highest BCUT2D eigenvalue weighted by atomic mass is 16.3. The predicted octanol–water partition coefficient (Wildman–Crippen LogP) is 14.6. The zero-order chi connectivity index (χ0) is 36.1. The monoisotopic (exact) mass is 705 g/mol. The summed E-state index contributed by atoms with van der Waals surface area (Å²) < 4.78 is 6.46. The average Bonchev–Trinajstić information content (AvgIpc) is 4.03. The largest absolute Gasteiger partial charge is 0.456 e. The van der Waals surface area contributed by atoms with Gasteiger partial charge in [0, 0.05) is 39.0 Å². The molecular formula is C53H39NO. The summed E-state index contributed by atoms with van der Waals surface area (Å²) in [6.07, 6.45) is 5.41. The van der Waals surface area contributed by atoms with Gasteiger partial charge in [0.2, 0.25) is 0 Å². The van der Waals surface area contributed by atoms with Gasteiger partial charge in [0.15, 0.2) is 0 Å². The minimum absolute atomic E-state index is 0.151. The Bertz CT molecular complexity index is 2960. The lowest BCUT2D eigenvalue weighted by Crippen LogP contribution is -2.31. The molecule has 3 atom stereocenters. The Hall–Kier alpha value is -6.38. The molecule has 0 saturated heterocycles. The van der Waals surface area contributed by atoms with Crippen molar-refractivity contribution in [3.05, 3.63) is 187 Å². The van der Waals surface area contributed by atoms with Gasteiger partial charge in [-0.3, -0.25) is 0 Å². The van der Waals surface area contributed by atoms with E-state index in [2.05, 4.69) is 175 Å². The van der Waals surface area contributed by atoms with Crippen molar-refractivity contribution >= 4 is 49.8 Å². The maximum Gasteiger partial charge on any atom is 0.137 e. The molecule has 2 saturated carbocycles. The van der Waals surface area contributed by atoms with Gasteiger partial charge >= 0.3 is 0 Å². The Morgan fingerprint density at radius 1 is 0.473 bits per heavy atom. The number of furan rings is 1. The van der Waals surface area contributed by atoms with E-state index in [0.29, 0.717) is 0 Å². The summed E-state index contributed by atoms with van der Waals surface area (Å²) in [5.41, 5.74) is 16.3. The number of anilines is 3. The number of fused-ring (bicyclic) bond motifs is 12. The molecule has 1 heterocycles. The molecule has 0 amide bonds. The number of para-hydroxylation sites is 1. The zero-order valence-electron chi connectivity index (χ0n) is 30.6. The highest BCUT2D eigenvalue weighted by molar-refractivity contribution is 6.10. The van der Waals surface area contributed by atoms with Gasteiger partial charge in [0.25, 0.3) is 0 Å². The van der Waals surface area contributed by atoms with Crippen LogP contribution in [0.5, 0.6) is 0 Å². The average molecular weight is 706 g/mol. The van der Waals surface area contributed by atoms with E-state index in [1.807, 2.05) is 6.07 Å². The second kappa shape index (κ2) is 11.8. The summed E-state index contributed by atoms with van der Waals surface area (Å²) in [6, 6.07) is 64.8. The van der Waals surface area contributed by atoms with Gasteiger partial charge in [-0.2, -0.15) is 0 Å². The summed E-state index contributed by atoms with van der Waals surface area (Å²) in [6.45, 7) is 0. The molecule has 2 heteroatoms. The van der Waals surface area contributed by atoms with E-state index < -0.39 is 0 Å². The highest BCUT2D eigenvalue weighted by Gasteiger charge is 2.57. The third kappa shape index (κ3) is 4.49. The van der Waals surface area contributed by atoms with E-state index in [9.17, 15) is 0 Å². The molecule has 2 nitrogen and oxygen atoms in total. The third-order valence-corrected chi connectivity index (χ3v) is 13.4. The van der Waals surface area contributed by atoms with Crippen LogP contribution in [0.2, 0.25) is 0 Å². The standard InChI is InChI=1S/C53H39NO/c1-2-11-35(12-3-1)36-22-25-38(26-23-36)54(39-27-28-44-43-15-7-9-20-50(43)55-51(44)32-39)49-30-29-41(40-13-4-5-14-42(40)49)45-17-10-19-48-52(45)46-16-6-8-18-47(46)53(48)33-34-21-24-37(53)31-34/h1-20,22-23,25-30,32,34,37H,21,24,31,33H2. The molecule has 3 unspecified atom stereocenters. The fourth-order valence-electron chi connectivity index (χ4n) is 11.1. The first-order valence-electron chi connectivity index (χ1n) is 19.9. The number of benzene rings is 8. The fraction of sp³-hybridized carbons (Fsp3) is 0.132. The lowest BCUT2D eigenvalue weighted by atomic mass is 9.66. The van der Waals surface area contributed by atoms with Crippen molar-refractivity contribution in [2.45, 2.75) is 31.1 Å². The van der Waals surface area contributed by atoms with Gasteiger partial charge in [0.1, 0.15) is 11.2 Å². The molecule has 55 heavy (non-hydrogen) atoms. The first-order valence-corrected chi connectivity index (χ1v) is 19.9. The SMILES string of the molecule is c1ccc(-c2ccc(N(c3ccc4c(c3)oc3ccccc34)c3ccc(-c4cccc5c4-c4ccccc4C54CC5CCC4C5)c4ccccc34)cc2)cc1. The second-order valence-corrected chi connectivity index (χ2v) is 16.0. The lowest BCUT2D eigenvalue weighted by molar-refractivity contribution is 0.327. The first-order chi connectivity index (χ1) is 27.2. The topological polar surface area (TPSA) is 16.4 Å². The van der Waals surface area contributed by atoms with E-state index in [1.165, 1.54) is 69.8 Å². The van der Waals surface area contributed by atoms with Gasteiger partial charge in [-0.1, -0.05) is 140 Å². The molecule has 1 spiro atoms. The minimum atomic E-state index is 0.151. The summed E-state index contributed by atoms with van der Waals surface area (Å²) in [4.78, 5) is 2.41. The molecular weight excluding hydrogens is 667 g/mol. The van der Waals surface area contributed by atoms with Crippen LogP contribution in [0, 0.1) is 11.8 Å². The van der Waals surface area contributed by atoms with Crippen LogP contribution in [0.4, 0.5) is 17.1 Å². The summed E-state index contributed by atoms with van der Waals surface area (Å²) in [5, 5.41) is 4.75. The number of hydrogen-bond donors (Lipinski definition) is 0. The molecule has 0 radical (unpaired) electrons. The van der Waals surface area contributed by atoms with E-state index >= 15 is 0 Å². The third-order valence-electron chi connectivity index (χ3n) is 13.4. The van der Waals surface area contributed by atoms with Crippen LogP contribution in [-0.4, -0.2) is 0 Å². The number of nitrogens with zero attached hydrogens (tertiary/aromatic N) is 1. The maximum atomic E-state index is 6.46. The minimum Gasteiger partial charge on any atom is -0.456 e. The lowest BCUT2D eigenvalue weighted by Gasteiger charge is -2.36. The maximum absolute atomic E-state index is 6.46. The predicted molar refractivity (Wildman–Crippen MR) is 228 cm³/mol. The molecule has 3 aliphatic carbocycles. The van der Waals surface area contributed by atoms with Crippen LogP contribution in [0.25, 0.3) is 66.1 Å². The van der Waals surface area contributed by atoms with Gasteiger partial charge in [-0.15, -0.1) is 0 Å². The number of rotatable bonds is 5. The summed E-state index contributed by atoms with van der Waals surface area (Å²) in [5.74, 6) is 1.58. The summed E-state index contributed by atoms with van der Waals surface area (Å²) >= 11 is 0. The molecule has 9 aromatic rings. The van der Waals surface area contributed by atoms with Gasteiger partial charge in [0.05, 0.1) is 5.69 Å². The van der Waals surface area contributed by atoms with Crippen molar-refractivity contribution in [2.24, 2.45) is 11.8 Å². The van der Waals surface area contributed by atoms with Gasteiger partial charge in [-0.05, 0) is 117 Å². The summed E-state index contributed by atoms with van der Waals surface area (Å²) in [7, 11) is 0. The molecule has 2 fully saturated rings. The van der Waals surface area contributed by atoms with E-state index in [4.69, 9.17) is 4.42 Å². The molecule has 3 aliphatic rings. The Balaban J connectivity index is 1.06.